The second-order valence-electron chi connectivity index (χ2n) is 9.70. The Balaban J connectivity index is 0.000000210. The van der Waals surface area contributed by atoms with Crippen molar-refractivity contribution in [1.29, 1.82) is 0 Å². The fourth-order valence-corrected chi connectivity index (χ4v) is 9.87. The molecule has 5 aromatic carbocycles. The maximum Gasteiger partial charge on any atom is 0.707 e. The van der Waals surface area contributed by atoms with Gasteiger partial charge in [-0.3, -0.25) is 0 Å². The van der Waals surface area contributed by atoms with Gasteiger partial charge in [-0.1, -0.05) is 99.6 Å². The van der Waals surface area contributed by atoms with Crippen LogP contribution in [0.3, 0.4) is 0 Å². The lowest BCUT2D eigenvalue weighted by Crippen LogP contribution is -2.38. The molecule has 0 radical (unpaired) electrons. The molecular formula is C36H39BO3P+. The molecule has 0 aliphatic heterocycles. The van der Waals surface area contributed by atoms with E-state index >= 15 is 0 Å². The van der Waals surface area contributed by atoms with Crippen molar-refractivity contribution in [1.82, 2.24) is 0 Å². The molecule has 5 aromatic rings. The average molecular weight is 561 g/mol. The predicted molar refractivity (Wildman–Crippen MR) is 177 cm³/mol. The lowest BCUT2D eigenvalue weighted by atomic mass is 9.94. The van der Waals surface area contributed by atoms with Crippen LogP contribution in [0.1, 0.15) is 37.5 Å². The van der Waals surface area contributed by atoms with Crippen LogP contribution in [0.2, 0.25) is 0 Å². The maximum atomic E-state index is 8.85. The quantitative estimate of drug-likeness (QED) is 0.171. The standard InChI is InChI=1S/C24H20P.C12H19BO3/c1-5-13-21(14-6-1)25(22-15-7-2-8-16-22,23-17-9-3-10-18-23)24-19-11-4-12-20-24;1-4-9-7-8-12(16-13(14)15)11(6-3)10(9)5-2/h1-20H;7-8,14-15H,4-6H2,1-3H3/q+1;. The first-order chi connectivity index (χ1) is 20.1. The van der Waals surface area contributed by atoms with Gasteiger partial charge in [0.05, 0.1) is 0 Å². The highest BCUT2D eigenvalue weighted by Crippen LogP contribution is 2.54. The Morgan fingerprint density at radius 1 is 0.488 bits per heavy atom. The Bertz CT molecular complexity index is 1310. The molecule has 0 atom stereocenters. The SMILES string of the molecule is CCc1ccc(OB(O)O)c(CC)c1CC.c1ccc([P+](c2ccccc2)(c2ccccc2)c2ccccc2)cc1. The van der Waals surface area contributed by atoms with Crippen molar-refractivity contribution in [2.24, 2.45) is 0 Å². The first-order valence-electron chi connectivity index (χ1n) is 14.3. The van der Waals surface area contributed by atoms with Gasteiger partial charge in [-0.2, -0.15) is 0 Å². The molecule has 0 aliphatic rings. The van der Waals surface area contributed by atoms with Crippen LogP contribution in [0.15, 0.2) is 133 Å². The highest BCUT2D eigenvalue weighted by Gasteiger charge is 2.47. The molecule has 0 saturated heterocycles. The van der Waals surface area contributed by atoms with Gasteiger partial charge < -0.3 is 14.7 Å². The van der Waals surface area contributed by atoms with Crippen molar-refractivity contribution in [3.63, 3.8) is 0 Å². The van der Waals surface area contributed by atoms with Gasteiger partial charge in [0.1, 0.15) is 34.2 Å². The van der Waals surface area contributed by atoms with Crippen LogP contribution in [-0.4, -0.2) is 17.4 Å². The van der Waals surface area contributed by atoms with Crippen LogP contribution in [0.5, 0.6) is 5.75 Å². The van der Waals surface area contributed by atoms with Gasteiger partial charge in [-0.05, 0) is 90.6 Å². The Labute approximate surface area is 246 Å². The third-order valence-electron chi connectivity index (χ3n) is 7.38. The smallest absolute Gasteiger partial charge is 0.512 e. The van der Waals surface area contributed by atoms with Gasteiger partial charge in [-0.25, -0.2) is 0 Å². The molecule has 5 heteroatoms. The Morgan fingerprint density at radius 2 is 0.854 bits per heavy atom. The molecule has 3 nitrogen and oxygen atoms in total. The molecule has 41 heavy (non-hydrogen) atoms. The normalized spacial score (nSPS) is 10.9. The Kier molecular flexibility index (Phi) is 10.9. The summed E-state index contributed by atoms with van der Waals surface area (Å²) in [4.78, 5) is 0. The molecule has 0 unspecified atom stereocenters. The molecule has 0 fully saturated rings. The molecule has 2 N–H and O–H groups in total. The minimum atomic E-state index is -1.91. The first kappa shape index (κ1) is 30.3. The third kappa shape index (κ3) is 6.80. The summed E-state index contributed by atoms with van der Waals surface area (Å²) in [6, 6.07) is 47.6. The van der Waals surface area contributed by atoms with Crippen LogP contribution in [-0.2, 0) is 19.3 Å². The zero-order chi connectivity index (χ0) is 29.1. The van der Waals surface area contributed by atoms with E-state index in [1.165, 1.54) is 32.3 Å². The molecule has 0 heterocycles. The van der Waals surface area contributed by atoms with Gasteiger partial charge in [0, 0.05) is 0 Å². The van der Waals surface area contributed by atoms with E-state index < -0.39 is 14.6 Å². The fraction of sp³-hybridized carbons (Fsp3) is 0.167. The minimum Gasteiger partial charge on any atom is -0.512 e. The van der Waals surface area contributed by atoms with E-state index in [-0.39, 0.29) is 0 Å². The summed E-state index contributed by atoms with van der Waals surface area (Å²) in [7, 11) is -3.65. The molecule has 0 aromatic heterocycles. The molecular weight excluding hydrogens is 522 g/mol. The fourth-order valence-electron chi connectivity index (χ4n) is 5.60. The summed E-state index contributed by atoms with van der Waals surface area (Å²) >= 11 is 0. The summed E-state index contributed by atoms with van der Waals surface area (Å²) in [5, 5.41) is 23.2. The topological polar surface area (TPSA) is 49.7 Å². The van der Waals surface area contributed by atoms with Crippen molar-refractivity contribution in [2.75, 3.05) is 0 Å². The number of aryl methyl sites for hydroxylation is 1. The molecule has 208 valence electrons. The van der Waals surface area contributed by atoms with Crippen molar-refractivity contribution >= 4 is 35.8 Å². The Hall–Kier alpha value is -3.69. The van der Waals surface area contributed by atoms with Crippen LogP contribution < -0.4 is 25.9 Å². The van der Waals surface area contributed by atoms with E-state index in [0.29, 0.717) is 5.75 Å². The van der Waals surface area contributed by atoms with E-state index in [4.69, 9.17) is 14.7 Å². The van der Waals surface area contributed by atoms with E-state index in [1.807, 2.05) is 19.1 Å². The second-order valence-corrected chi connectivity index (χ2v) is 13.1. The number of hydrogen-bond acceptors (Lipinski definition) is 3. The lowest BCUT2D eigenvalue weighted by molar-refractivity contribution is 0.287. The summed E-state index contributed by atoms with van der Waals surface area (Å²) < 4.78 is 4.99. The van der Waals surface area contributed by atoms with Crippen molar-refractivity contribution in [3.8, 4) is 5.75 Å². The summed E-state index contributed by atoms with van der Waals surface area (Å²) in [6.45, 7) is 6.27. The largest absolute Gasteiger partial charge is 0.707 e. The zero-order valence-electron chi connectivity index (χ0n) is 24.2. The van der Waals surface area contributed by atoms with Gasteiger partial charge in [-0.15, -0.1) is 0 Å². The van der Waals surface area contributed by atoms with Gasteiger partial charge in [0.15, 0.2) is 0 Å². The van der Waals surface area contributed by atoms with Gasteiger partial charge >= 0.3 is 7.32 Å². The molecule has 0 saturated carbocycles. The van der Waals surface area contributed by atoms with E-state index in [1.54, 1.807) is 0 Å². The van der Waals surface area contributed by atoms with E-state index in [2.05, 4.69) is 135 Å². The maximum absolute atomic E-state index is 8.85. The zero-order valence-corrected chi connectivity index (χ0v) is 25.0. The third-order valence-corrected chi connectivity index (χ3v) is 11.7. The molecule has 0 amide bonds. The van der Waals surface area contributed by atoms with Crippen LogP contribution >= 0.6 is 7.26 Å². The van der Waals surface area contributed by atoms with Crippen LogP contribution in [0, 0.1) is 0 Å². The van der Waals surface area contributed by atoms with E-state index in [9.17, 15) is 0 Å². The van der Waals surface area contributed by atoms with Gasteiger partial charge in [0.25, 0.3) is 0 Å². The van der Waals surface area contributed by atoms with Crippen molar-refractivity contribution in [3.05, 3.63) is 150 Å². The molecule has 0 bridgehead atoms. The monoisotopic (exact) mass is 561 g/mol. The van der Waals surface area contributed by atoms with Crippen LogP contribution in [0.25, 0.3) is 0 Å². The second kappa shape index (κ2) is 14.8. The summed E-state index contributed by atoms with van der Waals surface area (Å²) in [6.07, 6.45) is 2.75. The summed E-state index contributed by atoms with van der Waals surface area (Å²) in [5.74, 6) is 0.576. The summed E-state index contributed by atoms with van der Waals surface area (Å²) in [5.41, 5.74) is 3.65. The number of rotatable bonds is 9. The molecule has 0 aliphatic carbocycles. The molecule has 5 rings (SSSR count). The first-order valence-corrected chi connectivity index (χ1v) is 16.1. The highest BCUT2D eigenvalue weighted by atomic mass is 31.2. The van der Waals surface area contributed by atoms with Gasteiger partial charge in [0.2, 0.25) is 0 Å². The van der Waals surface area contributed by atoms with Crippen molar-refractivity contribution in [2.45, 2.75) is 40.0 Å². The van der Waals surface area contributed by atoms with Crippen LogP contribution in [0.4, 0.5) is 0 Å². The van der Waals surface area contributed by atoms with E-state index in [0.717, 1.165) is 24.8 Å². The number of benzene rings is 5. The van der Waals surface area contributed by atoms with Crippen molar-refractivity contribution < 1.29 is 14.7 Å². The average Bonchev–Trinajstić information content (AvgIpc) is 3.03. The predicted octanol–water partition coefficient (Wildman–Crippen LogP) is 6.03. The number of hydrogen-bond donors (Lipinski definition) is 2. The lowest BCUT2D eigenvalue weighted by Gasteiger charge is -2.27. The highest BCUT2D eigenvalue weighted by molar-refractivity contribution is 8.01. The molecule has 0 spiro atoms. The minimum absolute atomic E-state index is 0.576. The Morgan fingerprint density at radius 3 is 1.15 bits per heavy atom.